The lowest BCUT2D eigenvalue weighted by Crippen LogP contribution is -2.38. The van der Waals surface area contributed by atoms with Gasteiger partial charge >= 0.3 is 6.18 Å². The first-order chi connectivity index (χ1) is 14.4. The Morgan fingerprint density at radius 3 is 2.87 bits per heavy atom. The molecule has 0 amide bonds. The van der Waals surface area contributed by atoms with Crippen LogP contribution in [0.5, 0.6) is 11.6 Å². The fraction of sp³-hybridized carbons (Fsp3) is 0.429. The Kier molecular flexibility index (Phi) is 9.66. The summed E-state index contributed by atoms with van der Waals surface area (Å²) in [7, 11) is 0. The van der Waals surface area contributed by atoms with Gasteiger partial charge in [0.05, 0.1) is 13.2 Å². The lowest BCUT2D eigenvalue weighted by Gasteiger charge is -2.13. The first kappa shape index (κ1) is 25.0. The number of benzene rings is 1. The van der Waals surface area contributed by atoms with Crippen LogP contribution in [-0.2, 0) is 19.4 Å². The van der Waals surface area contributed by atoms with E-state index in [2.05, 4.69) is 32.7 Å². The van der Waals surface area contributed by atoms with Gasteiger partial charge in [0, 0.05) is 31.3 Å². The van der Waals surface area contributed by atoms with Crippen molar-refractivity contribution in [1.29, 1.82) is 0 Å². The number of rotatable bonds is 8. The maximum Gasteiger partial charge on any atom is 0.422 e. The van der Waals surface area contributed by atoms with E-state index in [9.17, 15) is 13.2 Å². The standard InChI is InChI=1S/C21H25F3N4O2.HI/c1-2-25-20(27-10-7-15-5-6-18-16(12-15)8-11-29-18)28-13-17-4-3-9-26-19(17)30-14-21(22,23)24;/h3-6,9,12H,2,7-8,10-11,13-14H2,1H3,(H2,25,27,28);1H. The number of pyridine rings is 1. The Labute approximate surface area is 196 Å². The van der Waals surface area contributed by atoms with Crippen LogP contribution < -0.4 is 20.1 Å². The Hall–Kier alpha value is -2.24. The van der Waals surface area contributed by atoms with Crippen LogP contribution in [0.15, 0.2) is 41.5 Å². The van der Waals surface area contributed by atoms with E-state index in [4.69, 9.17) is 9.47 Å². The lowest BCUT2D eigenvalue weighted by atomic mass is 10.1. The quantitative estimate of drug-likeness (QED) is 0.297. The first-order valence-electron chi connectivity index (χ1n) is 9.85. The number of halogens is 4. The molecule has 10 heteroatoms. The molecule has 1 aliphatic heterocycles. The normalized spacial score (nSPS) is 13.1. The van der Waals surface area contributed by atoms with Crippen molar-refractivity contribution in [3.8, 4) is 11.6 Å². The largest absolute Gasteiger partial charge is 0.493 e. The number of aliphatic imine (C=N–C) groups is 1. The highest BCUT2D eigenvalue weighted by molar-refractivity contribution is 14.0. The molecule has 0 atom stereocenters. The van der Waals surface area contributed by atoms with E-state index in [0.717, 1.165) is 25.2 Å². The molecule has 0 radical (unpaired) electrons. The Bertz CT molecular complexity index is 878. The average molecular weight is 550 g/mol. The van der Waals surface area contributed by atoms with Crippen LogP contribution in [0, 0.1) is 0 Å². The second-order valence-corrected chi connectivity index (χ2v) is 6.78. The molecule has 6 nitrogen and oxygen atoms in total. The van der Waals surface area contributed by atoms with Crippen LogP contribution >= 0.6 is 24.0 Å². The van der Waals surface area contributed by atoms with Crippen LogP contribution in [-0.4, -0.2) is 43.4 Å². The van der Waals surface area contributed by atoms with E-state index in [1.54, 1.807) is 12.1 Å². The smallest absolute Gasteiger partial charge is 0.422 e. The third kappa shape index (κ3) is 8.08. The fourth-order valence-corrected chi connectivity index (χ4v) is 3.05. The maximum absolute atomic E-state index is 12.4. The molecule has 2 aromatic rings. The van der Waals surface area contributed by atoms with Gasteiger partial charge in [-0.05, 0) is 36.6 Å². The highest BCUT2D eigenvalue weighted by Gasteiger charge is 2.29. The van der Waals surface area contributed by atoms with E-state index in [0.29, 0.717) is 24.6 Å². The van der Waals surface area contributed by atoms with Crippen LogP contribution in [0.4, 0.5) is 13.2 Å². The number of guanidine groups is 1. The summed E-state index contributed by atoms with van der Waals surface area (Å²) in [6.45, 7) is 2.76. The molecule has 0 aliphatic carbocycles. The highest BCUT2D eigenvalue weighted by Crippen LogP contribution is 2.26. The predicted octanol–water partition coefficient (Wildman–Crippen LogP) is 3.87. The van der Waals surface area contributed by atoms with E-state index < -0.39 is 12.8 Å². The molecular weight excluding hydrogens is 524 g/mol. The van der Waals surface area contributed by atoms with Gasteiger partial charge in [0.25, 0.3) is 0 Å². The average Bonchev–Trinajstić information content (AvgIpc) is 3.18. The Morgan fingerprint density at radius 2 is 2.10 bits per heavy atom. The van der Waals surface area contributed by atoms with Crippen molar-refractivity contribution in [2.45, 2.75) is 32.5 Å². The summed E-state index contributed by atoms with van der Waals surface area (Å²) in [5.41, 5.74) is 2.92. The molecule has 2 heterocycles. The van der Waals surface area contributed by atoms with E-state index in [-0.39, 0.29) is 36.4 Å². The molecule has 0 fully saturated rings. The fourth-order valence-electron chi connectivity index (χ4n) is 3.05. The molecule has 0 saturated heterocycles. The number of aromatic nitrogens is 1. The van der Waals surface area contributed by atoms with Crippen molar-refractivity contribution >= 4 is 29.9 Å². The van der Waals surface area contributed by atoms with Gasteiger partial charge in [0.1, 0.15) is 5.75 Å². The SMILES string of the molecule is CCNC(=NCc1cccnc1OCC(F)(F)F)NCCc1ccc2c(c1)CCO2.I. The number of hydrogen-bond donors (Lipinski definition) is 2. The van der Waals surface area contributed by atoms with Gasteiger partial charge in [-0.25, -0.2) is 9.98 Å². The number of alkyl halides is 3. The van der Waals surface area contributed by atoms with Crippen molar-refractivity contribution in [3.05, 3.63) is 53.2 Å². The minimum atomic E-state index is -4.42. The highest BCUT2D eigenvalue weighted by atomic mass is 127. The summed E-state index contributed by atoms with van der Waals surface area (Å²) in [5.74, 6) is 1.48. The predicted molar refractivity (Wildman–Crippen MR) is 123 cm³/mol. The molecule has 1 aromatic carbocycles. The molecule has 1 aliphatic rings. The van der Waals surface area contributed by atoms with Gasteiger partial charge in [-0.3, -0.25) is 0 Å². The van der Waals surface area contributed by atoms with Crippen molar-refractivity contribution in [2.24, 2.45) is 4.99 Å². The third-order valence-electron chi connectivity index (χ3n) is 4.43. The summed E-state index contributed by atoms with van der Waals surface area (Å²) in [5, 5.41) is 6.38. The molecule has 3 rings (SSSR count). The van der Waals surface area contributed by atoms with Gasteiger partial charge in [-0.15, -0.1) is 24.0 Å². The van der Waals surface area contributed by atoms with Crippen molar-refractivity contribution in [3.63, 3.8) is 0 Å². The molecule has 31 heavy (non-hydrogen) atoms. The van der Waals surface area contributed by atoms with Gasteiger partial charge in [-0.2, -0.15) is 13.2 Å². The third-order valence-corrected chi connectivity index (χ3v) is 4.43. The summed E-state index contributed by atoms with van der Waals surface area (Å²) in [6, 6.07) is 9.51. The second-order valence-electron chi connectivity index (χ2n) is 6.78. The van der Waals surface area contributed by atoms with Crippen LogP contribution in [0.3, 0.4) is 0 Å². The van der Waals surface area contributed by atoms with Crippen LogP contribution in [0.2, 0.25) is 0 Å². The summed E-state index contributed by atoms with van der Waals surface area (Å²) in [6.07, 6.45) is -1.28. The number of nitrogens with one attached hydrogen (secondary N) is 2. The topological polar surface area (TPSA) is 67.8 Å². The second kappa shape index (κ2) is 12.0. The van der Waals surface area contributed by atoms with E-state index in [1.165, 1.54) is 17.3 Å². The zero-order valence-electron chi connectivity index (χ0n) is 17.2. The Morgan fingerprint density at radius 1 is 1.26 bits per heavy atom. The van der Waals surface area contributed by atoms with Gasteiger partial charge < -0.3 is 20.1 Å². The van der Waals surface area contributed by atoms with Crippen LogP contribution in [0.1, 0.15) is 23.6 Å². The van der Waals surface area contributed by atoms with Gasteiger partial charge in [0.2, 0.25) is 5.88 Å². The number of hydrogen-bond acceptors (Lipinski definition) is 4. The van der Waals surface area contributed by atoms with E-state index in [1.807, 2.05) is 13.0 Å². The molecule has 0 spiro atoms. The first-order valence-corrected chi connectivity index (χ1v) is 9.85. The minimum Gasteiger partial charge on any atom is -0.493 e. The minimum absolute atomic E-state index is 0. The molecular formula is C21H26F3IN4O2. The monoisotopic (exact) mass is 550 g/mol. The lowest BCUT2D eigenvalue weighted by molar-refractivity contribution is -0.154. The zero-order valence-corrected chi connectivity index (χ0v) is 19.5. The summed E-state index contributed by atoms with van der Waals surface area (Å²) >= 11 is 0. The van der Waals surface area contributed by atoms with Crippen LogP contribution in [0.25, 0.3) is 0 Å². The zero-order chi connectivity index (χ0) is 21.4. The summed E-state index contributed by atoms with van der Waals surface area (Å²) < 4.78 is 47.6. The van der Waals surface area contributed by atoms with Crippen molar-refractivity contribution in [2.75, 3.05) is 26.3 Å². The number of ether oxygens (including phenoxy) is 2. The van der Waals surface area contributed by atoms with Gasteiger partial charge in [-0.1, -0.05) is 18.2 Å². The molecule has 0 bridgehead atoms. The Balaban J connectivity index is 0.00000341. The van der Waals surface area contributed by atoms with Crippen molar-refractivity contribution < 1.29 is 22.6 Å². The van der Waals surface area contributed by atoms with Gasteiger partial charge in [0.15, 0.2) is 12.6 Å². The molecule has 0 saturated carbocycles. The maximum atomic E-state index is 12.4. The summed E-state index contributed by atoms with van der Waals surface area (Å²) in [4.78, 5) is 8.34. The molecule has 170 valence electrons. The molecule has 2 N–H and O–H groups in total. The van der Waals surface area contributed by atoms with Crippen molar-refractivity contribution in [1.82, 2.24) is 15.6 Å². The van der Waals surface area contributed by atoms with E-state index >= 15 is 0 Å². The molecule has 1 aromatic heterocycles. The molecule has 0 unspecified atom stereocenters. The number of nitrogens with zero attached hydrogens (tertiary/aromatic N) is 2. The number of fused-ring (bicyclic) bond motifs is 1.